The first-order chi connectivity index (χ1) is 21.1. The summed E-state index contributed by atoms with van der Waals surface area (Å²) in [6.45, 7) is 2.71. The molecule has 2 amide bonds. The van der Waals surface area contributed by atoms with Crippen LogP contribution >= 0.6 is 0 Å². The van der Waals surface area contributed by atoms with E-state index in [4.69, 9.17) is 4.74 Å². The normalized spacial score (nSPS) is 25.1. The van der Waals surface area contributed by atoms with Crippen molar-refractivity contribution in [1.82, 2.24) is 30.2 Å². The Balaban J connectivity index is 1.44. The third-order valence-corrected chi connectivity index (χ3v) is 8.51. The second-order valence-electron chi connectivity index (χ2n) is 11.8. The van der Waals surface area contributed by atoms with E-state index in [1.165, 1.54) is 0 Å². The molecule has 1 unspecified atom stereocenters. The highest BCUT2D eigenvalue weighted by molar-refractivity contribution is 5.78. The summed E-state index contributed by atoms with van der Waals surface area (Å²) >= 11 is 0. The number of carboxylic acid groups (broad SMARTS) is 3. The van der Waals surface area contributed by atoms with Crippen molar-refractivity contribution in [2.45, 2.75) is 25.7 Å². The molecule has 2 aliphatic carbocycles. The van der Waals surface area contributed by atoms with Gasteiger partial charge in [0.05, 0.1) is 32.8 Å². The van der Waals surface area contributed by atoms with Gasteiger partial charge in [0.25, 0.3) is 0 Å². The van der Waals surface area contributed by atoms with Crippen LogP contribution in [0.3, 0.4) is 0 Å². The number of fused-ring (bicyclic) bond motifs is 1. The second-order valence-corrected chi connectivity index (χ2v) is 11.8. The van der Waals surface area contributed by atoms with Gasteiger partial charge in [0.1, 0.15) is 0 Å². The number of amides is 2. The summed E-state index contributed by atoms with van der Waals surface area (Å²) in [6.07, 6.45) is 8.40. The van der Waals surface area contributed by atoms with Crippen molar-refractivity contribution in [3.8, 4) is 0 Å². The Morgan fingerprint density at radius 1 is 0.614 bits per heavy atom. The van der Waals surface area contributed by atoms with Gasteiger partial charge in [-0.05, 0) is 43.4 Å². The van der Waals surface area contributed by atoms with Gasteiger partial charge in [0.2, 0.25) is 5.91 Å². The summed E-state index contributed by atoms with van der Waals surface area (Å²) in [5, 5.41) is 33.4. The van der Waals surface area contributed by atoms with Crippen LogP contribution in [0.5, 0.6) is 0 Å². The zero-order valence-electron chi connectivity index (χ0n) is 25.4. The van der Waals surface area contributed by atoms with Crippen LogP contribution in [0.2, 0.25) is 0 Å². The molecular weight excluding hydrogens is 576 g/mol. The predicted molar refractivity (Wildman–Crippen MR) is 159 cm³/mol. The first-order valence-electron chi connectivity index (χ1n) is 15.5. The van der Waals surface area contributed by atoms with Crippen LogP contribution in [0.25, 0.3) is 0 Å². The summed E-state index contributed by atoms with van der Waals surface area (Å²) in [5.41, 5.74) is 0. The summed E-state index contributed by atoms with van der Waals surface area (Å²) in [5.74, 6) is -1.62. The topological polar surface area (TPSA) is 192 Å². The lowest BCUT2D eigenvalue weighted by Gasteiger charge is -2.32. The molecular formula is C29H48N6O9. The fourth-order valence-corrected chi connectivity index (χ4v) is 6.07. The zero-order valence-corrected chi connectivity index (χ0v) is 25.4. The fourth-order valence-electron chi connectivity index (χ4n) is 6.07. The van der Waals surface area contributed by atoms with E-state index in [1.807, 2.05) is 4.90 Å². The van der Waals surface area contributed by atoms with Gasteiger partial charge in [-0.3, -0.25) is 38.8 Å². The highest BCUT2D eigenvalue weighted by Crippen LogP contribution is 2.52. The number of nitrogens with one attached hydrogen (secondary N) is 2. The van der Waals surface area contributed by atoms with Crippen molar-refractivity contribution >= 4 is 29.9 Å². The molecule has 2 fully saturated rings. The maximum atomic E-state index is 12.7. The van der Waals surface area contributed by atoms with E-state index in [0.717, 1.165) is 25.7 Å². The molecule has 44 heavy (non-hydrogen) atoms. The Kier molecular flexibility index (Phi) is 14.8. The highest BCUT2D eigenvalue weighted by atomic mass is 16.5. The molecule has 15 nitrogen and oxygen atoms in total. The minimum Gasteiger partial charge on any atom is -0.480 e. The predicted octanol–water partition coefficient (Wildman–Crippen LogP) is -0.703. The molecule has 3 aliphatic rings. The number of allylic oxidation sites excluding steroid dienone is 2. The van der Waals surface area contributed by atoms with Gasteiger partial charge in [0, 0.05) is 65.4 Å². The third-order valence-electron chi connectivity index (χ3n) is 8.51. The van der Waals surface area contributed by atoms with E-state index in [9.17, 15) is 39.3 Å². The lowest BCUT2D eigenvalue weighted by atomic mass is 10.1. The van der Waals surface area contributed by atoms with Gasteiger partial charge in [-0.25, -0.2) is 4.79 Å². The molecule has 1 saturated carbocycles. The van der Waals surface area contributed by atoms with Crippen LogP contribution in [-0.4, -0.2) is 163 Å². The van der Waals surface area contributed by atoms with Crippen molar-refractivity contribution in [2.75, 3.05) is 98.2 Å². The Morgan fingerprint density at radius 3 is 1.41 bits per heavy atom. The highest BCUT2D eigenvalue weighted by Gasteiger charge is 2.49. The number of aliphatic carboxylic acids is 3. The number of alkyl carbamates (subject to hydrolysis) is 1. The number of rotatable bonds is 13. The van der Waals surface area contributed by atoms with Crippen LogP contribution in [0, 0.1) is 17.8 Å². The van der Waals surface area contributed by atoms with E-state index in [1.54, 1.807) is 14.7 Å². The minimum absolute atomic E-state index is 0.0106. The van der Waals surface area contributed by atoms with Crippen LogP contribution in [0.15, 0.2) is 12.2 Å². The molecule has 0 aromatic heterocycles. The Bertz CT molecular complexity index is 964. The van der Waals surface area contributed by atoms with Gasteiger partial charge >= 0.3 is 24.0 Å². The van der Waals surface area contributed by atoms with Crippen molar-refractivity contribution < 1.29 is 44.0 Å². The van der Waals surface area contributed by atoms with Gasteiger partial charge in [-0.2, -0.15) is 0 Å². The SMILES string of the molecule is O=C(O)CN1CCN(CC(=O)O)CCN(CC(=O)NCCNC(=O)OCC2[C@H]3CC/C=C\CC[C@@H]23)CCN(CC(=O)O)CC1. The van der Waals surface area contributed by atoms with Gasteiger partial charge in [-0.1, -0.05) is 12.2 Å². The van der Waals surface area contributed by atoms with E-state index < -0.39 is 24.0 Å². The number of carboxylic acids is 3. The molecule has 1 saturated heterocycles. The molecule has 5 N–H and O–H groups in total. The Morgan fingerprint density at radius 2 is 1.00 bits per heavy atom. The average molecular weight is 625 g/mol. The summed E-state index contributed by atoms with van der Waals surface area (Å²) in [6, 6.07) is 0. The molecule has 3 atom stereocenters. The van der Waals surface area contributed by atoms with Crippen molar-refractivity contribution in [3.05, 3.63) is 12.2 Å². The molecule has 1 aliphatic heterocycles. The number of ether oxygens (including phenoxy) is 1. The Hall–Kier alpha value is -3.27. The summed E-state index contributed by atoms with van der Waals surface area (Å²) < 4.78 is 5.42. The lowest BCUT2D eigenvalue weighted by Crippen LogP contribution is -2.50. The molecule has 15 heteroatoms. The molecule has 0 bridgehead atoms. The average Bonchev–Trinajstić information content (AvgIpc) is 3.59. The number of nitrogens with zero attached hydrogens (tertiary/aromatic N) is 4. The fraction of sp³-hybridized carbons (Fsp3) is 0.759. The molecule has 0 aromatic rings. The molecule has 0 aromatic carbocycles. The largest absolute Gasteiger partial charge is 0.480 e. The number of carbonyl (C=O) groups is 5. The van der Waals surface area contributed by atoms with Crippen LogP contribution in [0.1, 0.15) is 25.7 Å². The van der Waals surface area contributed by atoms with Crippen molar-refractivity contribution in [3.63, 3.8) is 0 Å². The zero-order chi connectivity index (χ0) is 31.9. The smallest absolute Gasteiger partial charge is 0.407 e. The number of carbonyl (C=O) groups excluding carboxylic acids is 2. The van der Waals surface area contributed by atoms with E-state index >= 15 is 0 Å². The molecule has 0 radical (unpaired) electrons. The van der Waals surface area contributed by atoms with Crippen LogP contribution in [-0.2, 0) is 23.9 Å². The van der Waals surface area contributed by atoms with Crippen molar-refractivity contribution in [1.29, 1.82) is 0 Å². The maximum absolute atomic E-state index is 12.7. The number of hydrogen-bond donors (Lipinski definition) is 5. The standard InChI is InChI=1S/C29H48N6O9/c36-25(30-7-8-31-29(43)44-21-24-22-5-3-1-2-4-6-23(22)24)17-32-9-11-33(18-26(37)38)13-15-35(20-28(41)42)16-14-34(12-10-32)19-27(39)40/h1-2,22-24H,3-21H2,(H,30,36)(H,31,43)(H,37,38)(H,39,40)(H,41,42)/b2-1-/t22-,23+,24?. The second kappa shape index (κ2) is 18.5. The first kappa shape index (κ1) is 35.2. The van der Waals surface area contributed by atoms with Gasteiger partial charge in [-0.15, -0.1) is 0 Å². The Labute approximate surface area is 258 Å². The van der Waals surface area contributed by atoms with Gasteiger partial charge in [0.15, 0.2) is 0 Å². The van der Waals surface area contributed by atoms with E-state index in [-0.39, 0.29) is 45.2 Å². The van der Waals surface area contributed by atoms with Gasteiger partial charge < -0.3 is 30.7 Å². The monoisotopic (exact) mass is 624 g/mol. The molecule has 0 spiro atoms. The maximum Gasteiger partial charge on any atom is 0.407 e. The summed E-state index contributed by atoms with van der Waals surface area (Å²) in [7, 11) is 0. The first-order valence-corrected chi connectivity index (χ1v) is 15.5. The number of hydrogen-bond acceptors (Lipinski definition) is 10. The summed E-state index contributed by atoms with van der Waals surface area (Å²) in [4.78, 5) is 66.0. The molecule has 248 valence electrons. The lowest BCUT2D eigenvalue weighted by molar-refractivity contribution is -0.140. The van der Waals surface area contributed by atoms with E-state index in [2.05, 4.69) is 22.8 Å². The van der Waals surface area contributed by atoms with Crippen molar-refractivity contribution in [2.24, 2.45) is 17.8 Å². The third kappa shape index (κ3) is 13.6. The molecule has 3 rings (SSSR count). The van der Waals surface area contributed by atoms with Crippen LogP contribution in [0.4, 0.5) is 4.79 Å². The van der Waals surface area contributed by atoms with Crippen LogP contribution < -0.4 is 10.6 Å². The quantitative estimate of drug-likeness (QED) is 0.128. The molecule has 1 heterocycles. The van der Waals surface area contributed by atoms with E-state index in [0.29, 0.717) is 76.7 Å². The minimum atomic E-state index is -1.02.